The van der Waals surface area contributed by atoms with E-state index in [1.54, 1.807) is 64.0 Å². The second-order valence-electron chi connectivity index (χ2n) is 16.8. The van der Waals surface area contributed by atoms with Crippen molar-refractivity contribution < 1.29 is 28.4 Å². The summed E-state index contributed by atoms with van der Waals surface area (Å²) in [6.45, 7) is 21.9. The van der Waals surface area contributed by atoms with Crippen molar-refractivity contribution in [3.63, 3.8) is 0 Å². The van der Waals surface area contributed by atoms with E-state index in [4.69, 9.17) is 14.2 Å². The van der Waals surface area contributed by atoms with Gasteiger partial charge in [0.25, 0.3) is 0 Å². The highest BCUT2D eigenvalue weighted by Gasteiger charge is 2.24. The molecule has 0 aliphatic heterocycles. The van der Waals surface area contributed by atoms with Gasteiger partial charge < -0.3 is 28.4 Å². The first-order valence-electron chi connectivity index (χ1n) is 22.8. The first-order valence-corrected chi connectivity index (χ1v) is 22.8. The minimum absolute atomic E-state index is 0. The topological polar surface area (TPSA) is 55.4 Å². The Kier molecular flexibility index (Phi) is 41.4. The van der Waals surface area contributed by atoms with Gasteiger partial charge in [0.1, 0.15) is 17.2 Å². The molecular formula is C62H96O6. The van der Waals surface area contributed by atoms with Crippen LogP contribution in [0, 0.1) is 0 Å². The number of hydrogen-bond acceptors (Lipinski definition) is 6. The monoisotopic (exact) mass is 937 g/mol. The summed E-state index contributed by atoms with van der Waals surface area (Å²) in [5.41, 5.74) is 7.92. The summed E-state index contributed by atoms with van der Waals surface area (Å²) >= 11 is 0. The molecule has 0 heterocycles. The van der Waals surface area contributed by atoms with E-state index >= 15 is 0 Å². The van der Waals surface area contributed by atoms with Crippen LogP contribution in [0.15, 0.2) is 164 Å². The van der Waals surface area contributed by atoms with Crippen LogP contribution in [0.3, 0.4) is 0 Å². The first kappa shape index (κ1) is 69.2. The summed E-state index contributed by atoms with van der Waals surface area (Å²) in [5.74, 6) is 2.70. The Morgan fingerprint density at radius 2 is 0.397 bits per heavy atom. The molecule has 0 spiro atoms. The van der Waals surface area contributed by atoms with Gasteiger partial charge in [-0.3, -0.25) is 0 Å². The maximum absolute atomic E-state index is 5.19. The summed E-state index contributed by atoms with van der Waals surface area (Å²) in [5, 5.41) is 0. The third kappa shape index (κ3) is 26.2. The summed E-state index contributed by atoms with van der Waals surface area (Å²) < 4.78 is 28.3. The van der Waals surface area contributed by atoms with E-state index in [0.717, 1.165) is 17.2 Å². The van der Waals surface area contributed by atoms with Gasteiger partial charge in [0.05, 0.1) is 21.3 Å². The number of rotatable bonds is 9. The SMILES string of the molecule is C.C.CCC.CCC.COC.COC.COC.COc1ccc(C(C)(C)c2ccccc2)cc1.COc1ccc(C(C)(C)c2ccccc2)cc1.COc1ccc(C(C)(C)c2ccccc2)cc1. The maximum atomic E-state index is 5.19. The lowest BCUT2D eigenvalue weighted by atomic mass is 9.78. The van der Waals surface area contributed by atoms with Crippen LogP contribution in [0.5, 0.6) is 17.2 Å². The molecule has 0 aliphatic rings. The third-order valence-corrected chi connectivity index (χ3v) is 9.92. The average Bonchev–Trinajstić information content (AvgIpc) is 3.34. The van der Waals surface area contributed by atoms with Crippen molar-refractivity contribution in [2.24, 2.45) is 0 Å². The van der Waals surface area contributed by atoms with Crippen LogP contribution in [0.25, 0.3) is 0 Å². The number of benzene rings is 6. The maximum Gasteiger partial charge on any atom is 0.118 e. The van der Waals surface area contributed by atoms with Crippen molar-refractivity contribution in [1.82, 2.24) is 0 Å². The smallest absolute Gasteiger partial charge is 0.118 e. The van der Waals surface area contributed by atoms with Crippen LogP contribution in [-0.4, -0.2) is 64.0 Å². The quantitative estimate of drug-likeness (QED) is 0.144. The van der Waals surface area contributed by atoms with Gasteiger partial charge in [0, 0.05) is 58.9 Å². The molecular weight excluding hydrogens is 841 g/mol. The molecule has 380 valence electrons. The van der Waals surface area contributed by atoms with E-state index in [1.807, 2.05) is 54.6 Å². The largest absolute Gasteiger partial charge is 0.497 e. The van der Waals surface area contributed by atoms with Crippen LogP contribution in [0.2, 0.25) is 0 Å². The third-order valence-electron chi connectivity index (χ3n) is 9.92. The van der Waals surface area contributed by atoms with Crippen LogP contribution >= 0.6 is 0 Å². The minimum Gasteiger partial charge on any atom is -0.497 e. The second kappa shape index (κ2) is 40.6. The van der Waals surface area contributed by atoms with Gasteiger partial charge in [-0.1, -0.05) is 224 Å². The van der Waals surface area contributed by atoms with E-state index in [9.17, 15) is 0 Å². The average molecular weight is 937 g/mol. The van der Waals surface area contributed by atoms with Crippen molar-refractivity contribution in [1.29, 1.82) is 0 Å². The molecule has 6 aromatic carbocycles. The summed E-state index contributed by atoms with van der Waals surface area (Å²) in [7, 11) is 14.8. The lowest BCUT2D eigenvalue weighted by Gasteiger charge is -2.26. The highest BCUT2D eigenvalue weighted by atomic mass is 16.5. The van der Waals surface area contributed by atoms with Crippen molar-refractivity contribution in [3.05, 3.63) is 197 Å². The number of hydrogen-bond donors (Lipinski definition) is 0. The fourth-order valence-corrected chi connectivity index (χ4v) is 6.09. The lowest BCUT2D eigenvalue weighted by Crippen LogP contribution is -2.18. The van der Waals surface area contributed by atoms with Crippen LogP contribution in [-0.2, 0) is 30.5 Å². The van der Waals surface area contributed by atoms with Gasteiger partial charge >= 0.3 is 0 Å². The zero-order valence-electron chi connectivity index (χ0n) is 44.5. The molecule has 0 aliphatic carbocycles. The highest BCUT2D eigenvalue weighted by molar-refractivity contribution is 5.42. The number of methoxy groups -OCH3 is 6. The highest BCUT2D eigenvalue weighted by Crippen LogP contribution is 2.34. The summed E-state index contributed by atoms with van der Waals surface area (Å²) in [6, 6.07) is 56.5. The van der Waals surface area contributed by atoms with Gasteiger partial charge in [0.15, 0.2) is 0 Å². The fourth-order valence-electron chi connectivity index (χ4n) is 6.09. The van der Waals surface area contributed by atoms with E-state index in [0.29, 0.717) is 0 Å². The molecule has 0 radical (unpaired) electrons. The first-order chi connectivity index (χ1) is 31.5. The molecule has 0 bridgehead atoms. The summed E-state index contributed by atoms with van der Waals surface area (Å²) in [4.78, 5) is 0. The van der Waals surface area contributed by atoms with Crippen LogP contribution < -0.4 is 14.2 Å². The van der Waals surface area contributed by atoms with Gasteiger partial charge in [0.2, 0.25) is 0 Å². The molecule has 0 aromatic heterocycles. The van der Waals surface area contributed by atoms with Gasteiger partial charge in [-0.2, -0.15) is 0 Å². The van der Waals surface area contributed by atoms with E-state index in [2.05, 4.69) is 193 Å². The Bertz CT molecular complexity index is 1720. The molecule has 6 heteroatoms. The molecule has 0 atom stereocenters. The predicted molar refractivity (Wildman–Crippen MR) is 299 cm³/mol. The summed E-state index contributed by atoms with van der Waals surface area (Å²) in [6.07, 6.45) is 2.50. The van der Waals surface area contributed by atoms with Crippen molar-refractivity contribution in [2.45, 2.75) is 113 Å². The molecule has 0 fully saturated rings. The van der Waals surface area contributed by atoms with E-state index < -0.39 is 0 Å². The molecule has 6 nitrogen and oxygen atoms in total. The zero-order valence-corrected chi connectivity index (χ0v) is 44.5. The molecule has 68 heavy (non-hydrogen) atoms. The van der Waals surface area contributed by atoms with Gasteiger partial charge in [-0.25, -0.2) is 0 Å². The predicted octanol–water partition coefficient (Wildman–Crippen LogP) is 17.0. The van der Waals surface area contributed by atoms with Crippen LogP contribution in [0.4, 0.5) is 0 Å². The van der Waals surface area contributed by atoms with Gasteiger partial charge in [-0.15, -0.1) is 0 Å². The molecule has 0 saturated carbocycles. The number of ether oxygens (including phenoxy) is 6. The standard InChI is InChI=1S/3C16H18O.2C3H8.3C2H6O.2CH4/c3*1-16(2,13-7-5-4-6-8-13)14-9-11-15(17-3)12-10-14;5*1-3-2;;/h3*4-12H,1-3H3;2*3H2,1-2H3;3*1-2H3;2*1H4. The molecule has 0 N–H and O–H groups in total. The lowest BCUT2D eigenvalue weighted by molar-refractivity contribution is 0.277. The molecule has 0 saturated heterocycles. The second-order valence-corrected chi connectivity index (χ2v) is 16.8. The molecule has 0 amide bonds. The zero-order chi connectivity index (χ0) is 50.4. The minimum atomic E-state index is 0. The van der Waals surface area contributed by atoms with E-state index in [1.165, 1.54) is 46.2 Å². The van der Waals surface area contributed by atoms with E-state index in [-0.39, 0.29) is 31.1 Å². The Hall–Kier alpha value is -5.40. The van der Waals surface area contributed by atoms with Crippen molar-refractivity contribution >= 4 is 0 Å². The fraction of sp³-hybridized carbons (Fsp3) is 0.419. The Morgan fingerprint density at radius 3 is 0.529 bits per heavy atom. The van der Waals surface area contributed by atoms with Crippen molar-refractivity contribution in [2.75, 3.05) is 64.0 Å². The Balaban J connectivity index is -0.000000388. The van der Waals surface area contributed by atoms with Crippen molar-refractivity contribution in [3.8, 4) is 17.2 Å². The molecule has 6 rings (SSSR count). The molecule has 6 aromatic rings. The Morgan fingerprint density at radius 1 is 0.265 bits per heavy atom. The molecule has 0 unspecified atom stereocenters. The van der Waals surface area contributed by atoms with Gasteiger partial charge in [-0.05, 0) is 69.8 Å². The Labute approximate surface area is 418 Å². The van der Waals surface area contributed by atoms with Crippen LogP contribution in [0.1, 0.15) is 130 Å². The normalized spacial score (nSPS) is 9.75.